The fraction of sp³-hybridized carbons (Fsp3) is 0.444. The van der Waals surface area contributed by atoms with Crippen molar-refractivity contribution >= 4 is 0 Å². The lowest BCUT2D eigenvalue weighted by molar-refractivity contribution is 0.121. The Kier molecular flexibility index (Phi) is 3.54. The molecule has 2 aliphatic rings. The quantitative estimate of drug-likeness (QED) is 0.868. The number of rotatable bonds is 3. The van der Waals surface area contributed by atoms with Crippen LogP contribution in [-0.2, 0) is 13.0 Å². The van der Waals surface area contributed by atoms with E-state index in [1.807, 2.05) is 22.9 Å². The summed E-state index contributed by atoms with van der Waals surface area (Å²) >= 11 is 0. The molecule has 0 radical (unpaired) electrons. The smallest absolute Gasteiger partial charge is 0.250 e. The summed E-state index contributed by atoms with van der Waals surface area (Å²) < 4.78 is 1.99. The second-order valence-electron chi connectivity index (χ2n) is 6.53. The Bertz CT molecular complexity index is 710. The van der Waals surface area contributed by atoms with Crippen LogP contribution in [0.5, 0.6) is 0 Å². The maximum absolute atomic E-state index is 12.0. The highest BCUT2D eigenvalue weighted by atomic mass is 16.1. The summed E-state index contributed by atoms with van der Waals surface area (Å²) in [5.74, 6) is 1.11. The number of nitrogens with zero attached hydrogens (tertiary/aromatic N) is 3. The Morgan fingerprint density at radius 1 is 1.09 bits per heavy atom. The van der Waals surface area contributed by atoms with E-state index in [0.717, 1.165) is 38.3 Å². The predicted octanol–water partition coefficient (Wildman–Crippen LogP) is 1.91. The summed E-state index contributed by atoms with van der Waals surface area (Å²) in [4.78, 5) is 19.0. The van der Waals surface area contributed by atoms with Gasteiger partial charge in [-0.05, 0) is 30.5 Å². The normalized spacial score (nSPS) is 24.0. The molecular formula is C18H21N3O. The lowest BCUT2D eigenvalue weighted by atomic mass is 9.83. The minimum Gasteiger partial charge on any atom is -0.312 e. The van der Waals surface area contributed by atoms with E-state index in [2.05, 4.69) is 28.1 Å². The van der Waals surface area contributed by atoms with E-state index in [4.69, 9.17) is 0 Å². The Labute approximate surface area is 130 Å². The van der Waals surface area contributed by atoms with E-state index in [1.165, 1.54) is 12.1 Å². The highest BCUT2D eigenvalue weighted by Gasteiger charge is 2.34. The molecule has 2 aromatic rings. The van der Waals surface area contributed by atoms with Crippen LogP contribution in [0.15, 0.2) is 47.4 Å². The maximum atomic E-state index is 12.0. The molecule has 0 unspecified atom stereocenters. The van der Waals surface area contributed by atoms with Crippen molar-refractivity contribution in [3.8, 4) is 0 Å². The SMILES string of the molecule is O=c1cccc2n1C[C@H]1C[C@@H]2CN(CCc2ccccn2)C1. The van der Waals surface area contributed by atoms with Crippen LogP contribution in [0.2, 0.25) is 0 Å². The van der Waals surface area contributed by atoms with Gasteiger partial charge in [0.25, 0.3) is 5.56 Å². The van der Waals surface area contributed by atoms with Gasteiger partial charge in [0.05, 0.1) is 0 Å². The first-order chi connectivity index (χ1) is 10.8. The van der Waals surface area contributed by atoms with E-state index >= 15 is 0 Å². The Morgan fingerprint density at radius 2 is 2.05 bits per heavy atom. The lowest BCUT2D eigenvalue weighted by Gasteiger charge is -2.42. The van der Waals surface area contributed by atoms with E-state index in [-0.39, 0.29) is 5.56 Å². The molecule has 0 amide bonds. The molecule has 4 heterocycles. The first kappa shape index (κ1) is 13.7. The van der Waals surface area contributed by atoms with Gasteiger partial charge < -0.3 is 9.47 Å². The number of piperidine rings is 1. The maximum Gasteiger partial charge on any atom is 0.250 e. The minimum absolute atomic E-state index is 0.161. The Morgan fingerprint density at radius 3 is 2.91 bits per heavy atom. The van der Waals surface area contributed by atoms with Gasteiger partial charge in [0, 0.05) is 62.2 Å². The minimum atomic E-state index is 0.161. The van der Waals surface area contributed by atoms with E-state index in [9.17, 15) is 4.79 Å². The zero-order chi connectivity index (χ0) is 14.9. The first-order valence-corrected chi connectivity index (χ1v) is 8.11. The molecule has 4 heteroatoms. The molecule has 0 aliphatic carbocycles. The van der Waals surface area contributed by atoms with Crippen LogP contribution in [0, 0.1) is 5.92 Å². The summed E-state index contributed by atoms with van der Waals surface area (Å²) in [5, 5.41) is 0. The van der Waals surface area contributed by atoms with Gasteiger partial charge in [0.2, 0.25) is 0 Å². The molecule has 0 aromatic carbocycles. The number of aromatic nitrogens is 2. The number of hydrogen-bond donors (Lipinski definition) is 0. The highest BCUT2D eigenvalue weighted by molar-refractivity contribution is 5.17. The van der Waals surface area contributed by atoms with Crippen molar-refractivity contribution < 1.29 is 0 Å². The Balaban J connectivity index is 1.48. The zero-order valence-corrected chi connectivity index (χ0v) is 12.7. The number of pyridine rings is 2. The van der Waals surface area contributed by atoms with E-state index < -0.39 is 0 Å². The number of fused-ring (bicyclic) bond motifs is 4. The summed E-state index contributed by atoms with van der Waals surface area (Å²) in [6.45, 7) is 4.10. The standard InChI is InChI=1S/C18H21N3O/c22-18-6-3-5-17-15-10-14(12-21(17)18)11-20(13-15)9-7-16-4-1-2-8-19-16/h1-6,8,14-15H,7,9-13H2/t14-,15+/m0/s1. The average Bonchev–Trinajstić information content (AvgIpc) is 2.55. The van der Waals surface area contributed by atoms with E-state index in [1.54, 1.807) is 6.07 Å². The van der Waals surface area contributed by atoms with Crippen LogP contribution < -0.4 is 5.56 Å². The highest BCUT2D eigenvalue weighted by Crippen LogP contribution is 2.34. The third-order valence-electron chi connectivity index (χ3n) is 4.97. The van der Waals surface area contributed by atoms with Crippen molar-refractivity contribution in [2.24, 2.45) is 5.92 Å². The largest absolute Gasteiger partial charge is 0.312 e. The van der Waals surface area contributed by atoms with Crippen LogP contribution in [-0.4, -0.2) is 34.1 Å². The molecular weight excluding hydrogens is 274 g/mol. The second kappa shape index (κ2) is 5.69. The van der Waals surface area contributed by atoms with E-state index in [0.29, 0.717) is 11.8 Å². The third-order valence-corrected chi connectivity index (χ3v) is 4.97. The van der Waals surface area contributed by atoms with Gasteiger partial charge in [-0.2, -0.15) is 0 Å². The molecule has 2 aliphatic heterocycles. The zero-order valence-electron chi connectivity index (χ0n) is 12.7. The van der Waals surface area contributed by atoms with Crippen molar-refractivity contribution in [3.05, 3.63) is 64.3 Å². The Hall–Kier alpha value is -1.94. The third kappa shape index (κ3) is 2.59. The summed E-state index contributed by atoms with van der Waals surface area (Å²) in [7, 11) is 0. The molecule has 0 N–H and O–H groups in total. The van der Waals surface area contributed by atoms with Crippen LogP contribution >= 0.6 is 0 Å². The fourth-order valence-corrected chi connectivity index (χ4v) is 4.00. The van der Waals surface area contributed by atoms with Crippen LogP contribution in [0.1, 0.15) is 23.7 Å². The topological polar surface area (TPSA) is 38.1 Å². The van der Waals surface area contributed by atoms with Gasteiger partial charge in [0.15, 0.2) is 0 Å². The fourth-order valence-electron chi connectivity index (χ4n) is 4.00. The first-order valence-electron chi connectivity index (χ1n) is 8.11. The summed E-state index contributed by atoms with van der Waals surface area (Å²) in [6, 6.07) is 11.8. The molecule has 4 nitrogen and oxygen atoms in total. The predicted molar refractivity (Wildman–Crippen MR) is 85.9 cm³/mol. The van der Waals surface area contributed by atoms with Gasteiger partial charge in [-0.3, -0.25) is 9.78 Å². The number of hydrogen-bond acceptors (Lipinski definition) is 3. The average molecular weight is 295 g/mol. The summed E-state index contributed by atoms with van der Waals surface area (Å²) in [6.07, 6.45) is 4.09. The second-order valence-corrected chi connectivity index (χ2v) is 6.53. The molecule has 114 valence electrons. The van der Waals surface area contributed by atoms with Crippen molar-refractivity contribution in [1.29, 1.82) is 0 Å². The van der Waals surface area contributed by atoms with Crippen LogP contribution in [0.4, 0.5) is 0 Å². The van der Waals surface area contributed by atoms with Crippen LogP contribution in [0.3, 0.4) is 0 Å². The van der Waals surface area contributed by atoms with Gasteiger partial charge in [-0.15, -0.1) is 0 Å². The van der Waals surface area contributed by atoms with Gasteiger partial charge >= 0.3 is 0 Å². The van der Waals surface area contributed by atoms with Crippen molar-refractivity contribution in [2.45, 2.75) is 25.3 Å². The van der Waals surface area contributed by atoms with Crippen molar-refractivity contribution in [1.82, 2.24) is 14.5 Å². The van der Waals surface area contributed by atoms with Crippen molar-refractivity contribution in [2.75, 3.05) is 19.6 Å². The number of likely N-dealkylation sites (tertiary alicyclic amines) is 1. The molecule has 22 heavy (non-hydrogen) atoms. The molecule has 2 bridgehead atoms. The molecule has 2 atom stereocenters. The monoisotopic (exact) mass is 295 g/mol. The molecule has 2 aromatic heterocycles. The van der Waals surface area contributed by atoms with Gasteiger partial charge in [0.1, 0.15) is 0 Å². The molecule has 4 rings (SSSR count). The van der Waals surface area contributed by atoms with Gasteiger partial charge in [-0.1, -0.05) is 12.1 Å². The lowest BCUT2D eigenvalue weighted by Crippen LogP contribution is -2.47. The molecule has 1 fully saturated rings. The van der Waals surface area contributed by atoms with Crippen LogP contribution in [0.25, 0.3) is 0 Å². The molecule has 0 spiro atoms. The molecule has 1 saturated heterocycles. The summed E-state index contributed by atoms with van der Waals surface area (Å²) in [5.41, 5.74) is 2.55. The molecule has 0 saturated carbocycles. The van der Waals surface area contributed by atoms with Crippen molar-refractivity contribution in [3.63, 3.8) is 0 Å². The van der Waals surface area contributed by atoms with Gasteiger partial charge in [-0.25, -0.2) is 0 Å².